The van der Waals surface area contributed by atoms with Gasteiger partial charge in [-0.3, -0.25) is 0 Å². The van der Waals surface area contributed by atoms with Gasteiger partial charge in [0.15, 0.2) is 11.5 Å². The normalized spacial score (nSPS) is 12.3. The molecule has 4 nitrogen and oxygen atoms in total. The molecule has 6 heteroatoms. The van der Waals surface area contributed by atoms with Crippen LogP contribution in [0, 0.1) is 0 Å². The average molecular weight is 261 g/mol. The van der Waals surface area contributed by atoms with Gasteiger partial charge >= 0.3 is 0 Å². The zero-order valence-corrected chi connectivity index (χ0v) is 10.3. The molecule has 1 aromatic rings. The average Bonchev–Trinajstić information content (AvgIpc) is 2.36. The van der Waals surface area contributed by atoms with Crippen LogP contribution < -0.4 is 14.8 Å². The summed E-state index contributed by atoms with van der Waals surface area (Å²) in [6.45, 7) is 1.38. The standard InChI is InChI=1S/C12H17F2NO3/c1-8(12(13)14)15-9-3-4-10(17-2)11(7-9)18-6-5-16/h3-4,7-8,12,15-16H,5-6H2,1-2H3. The lowest BCUT2D eigenvalue weighted by molar-refractivity contribution is 0.130. The van der Waals surface area contributed by atoms with E-state index in [1.165, 1.54) is 14.0 Å². The van der Waals surface area contributed by atoms with Gasteiger partial charge in [0, 0.05) is 11.8 Å². The van der Waals surface area contributed by atoms with Crippen LogP contribution in [0.4, 0.5) is 14.5 Å². The Kier molecular flexibility index (Phi) is 5.64. The molecule has 0 saturated carbocycles. The van der Waals surface area contributed by atoms with Crippen LogP contribution in [0.1, 0.15) is 6.92 Å². The largest absolute Gasteiger partial charge is 0.493 e. The molecule has 0 amide bonds. The van der Waals surface area contributed by atoms with Gasteiger partial charge in [-0.05, 0) is 19.1 Å². The van der Waals surface area contributed by atoms with Gasteiger partial charge in [-0.2, -0.15) is 0 Å². The van der Waals surface area contributed by atoms with Crippen LogP contribution in [0.25, 0.3) is 0 Å². The number of nitrogens with one attached hydrogen (secondary N) is 1. The van der Waals surface area contributed by atoms with E-state index < -0.39 is 12.5 Å². The summed E-state index contributed by atoms with van der Waals surface area (Å²) in [5.74, 6) is 0.886. The Morgan fingerprint density at radius 1 is 1.33 bits per heavy atom. The van der Waals surface area contributed by atoms with Crippen LogP contribution in [0.2, 0.25) is 0 Å². The Bertz CT molecular complexity index is 374. The molecule has 1 aromatic carbocycles. The number of benzene rings is 1. The van der Waals surface area contributed by atoms with Crippen LogP contribution >= 0.6 is 0 Å². The number of aliphatic hydroxyl groups is 1. The minimum atomic E-state index is -2.45. The lowest BCUT2D eigenvalue weighted by Crippen LogP contribution is -2.23. The van der Waals surface area contributed by atoms with Crippen molar-refractivity contribution in [3.05, 3.63) is 18.2 Å². The van der Waals surface area contributed by atoms with Gasteiger partial charge in [-0.15, -0.1) is 0 Å². The lowest BCUT2D eigenvalue weighted by atomic mass is 10.2. The SMILES string of the molecule is COc1ccc(NC(C)C(F)F)cc1OCCO. The first kappa shape index (κ1) is 14.5. The molecule has 0 spiro atoms. The van der Waals surface area contributed by atoms with E-state index in [-0.39, 0.29) is 13.2 Å². The summed E-state index contributed by atoms with van der Waals surface area (Å²) in [5.41, 5.74) is 0.511. The van der Waals surface area contributed by atoms with Crippen LogP contribution in [0.3, 0.4) is 0 Å². The van der Waals surface area contributed by atoms with E-state index in [2.05, 4.69) is 5.32 Å². The maximum absolute atomic E-state index is 12.4. The lowest BCUT2D eigenvalue weighted by Gasteiger charge is -2.16. The third-order valence-electron chi connectivity index (χ3n) is 2.28. The van der Waals surface area contributed by atoms with Gasteiger partial charge < -0.3 is 19.9 Å². The van der Waals surface area contributed by atoms with Crippen molar-refractivity contribution in [3.8, 4) is 11.5 Å². The minimum Gasteiger partial charge on any atom is -0.493 e. The van der Waals surface area contributed by atoms with E-state index in [9.17, 15) is 8.78 Å². The molecule has 0 heterocycles. The summed E-state index contributed by atoms with van der Waals surface area (Å²) in [6.07, 6.45) is -2.45. The number of hydrogen-bond acceptors (Lipinski definition) is 4. The molecule has 18 heavy (non-hydrogen) atoms. The van der Waals surface area contributed by atoms with E-state index in [1.807, 2.05) is 0 Å². The Morgan fingerprint density at radius 2 is 2.06 bits per heavy atom. The second-order valence-corrected chi connectivity index (χ2v) is 3.71. The topological polar surface area (TPSA) is 50.7 Å². The predicted molar refractivity (Wildman–Crippen MR) is 64.7 cm³/mol. The molecule has 2 N–H and O–H groups in total. The fraction of sp³-hybridized carbons (Fsp3) is 0.500. The number of methoxy groups -OCH3 is 1. The van der Waals surface area contributed by atoms with Crippen molar-refractivity contribution in [2.45, 2.75) is 19.4 Å². The summed E-state index contributed by atoms with van der Waals surface area (Å²) in [4.78, 5) is 0. The van der Waals surface area contributed by atoms with Gasteiger partial charge in [0.2, 0.25) is 0 Å². The number of halogens is 2. The summed E-state index contributed by atoms with van der Waals surface area (Å²) >= 11 is 0. The number of alkyl halides is 2. The minimum absolute atomic E-state index is 0.115. The third kappa shape index (κ3) is 4.03. The zero-order valence-electron chi connectivity index (χ0n) is 10.3. The fourth-order valence-electron chi connectivity index (χ4n) is 1.36. The van der Waals surface area contributed by atoms with Gasteiger partial charge in [-0.1, -0.05) is 0 Å². The highest BCUT2D eigenvalue weighted by molar-refractivity contribution is 5.55. The third-order valence-corrected chi connectivity index (χ3v) is 2.28. The molecule has 0 bridgehead atoms. The van der Waals surface area contributed by atoms with Crippen molar-refractivity contribution in [1.29, 1.82) is 0 Å². The Labute approximate surface area is 105 Å². The van der Waals surface area contributed by atoms with E-state index in [1.54, 1.807) is 18.2 Å². The summed E-state index contributed by atoms with van der Waals surface area (Å²) < 4.78 is 35.1. The van der Waals surface area contributed by atoms with Crippen molar-refractivity contribution >= 4 is 5.69 Å². The Morgan fingerprint density at radius 3 is 2.61 bits per heavy atom. The van der Waals surface area contributed by atoms with Crippen LogP contribution in [-0.4, -0.2) is 37.9 Å². The molecule has 102 valence electrons. The fourth-order valence-corrected chi connectivity index (χ4v) is 1.36. The van der Waals surface area contributed by atoms with Crippen molar-refractivity contribution in [1.82, 2.24) is 0 Å². The Hall–Kier alpha value is -1.56. The molecule has 0 fully saturated rings. The van der Waals surface area contributed by atoms with Gasteiger partial charge in [0.1, 0.15) is 6.61 Å². The van der Waals surface area contributed by atoms with Crippen molar-refractivity contribution in [3.63, 3.8) is 0 Å². The number of hydrogen-bond donors (Lipinski definition) is 2. The summed E-state index contributed by atoms with van der Waals surface area (Å²) in [7, 11) is 1.48. The van der Waals surface area contributed by atoms with Crippen LogP contribution in [-0.2, 0) is 0 Å². The highest BCUT2D eigenvalue weighted by atomic mass is 19.3. The molecular weight excluding hydrogens is 244 g/mol. The Balaban J connectivity index is 2.81. The highest BCUT2D eigenvalue weighted by Crippen LogP contribution is 2.30. The smallest absolute Gasteiger partial charge is 0.258 e. The van der Waals surface area contributed by atoms with Crippen LogP contribution in [0.5, 0.6) is 11.5 Å². The first-order chi connectivity index (χ1) is 8.58. The second kappa shape index (κ2) is 7.00. The predicted octanol–water partition coefficient (Wildman–Crippen LogP) is 2.13. The molecule has 0 aliphatic rings. The monoisotopic (exact) mass is 261 g/mol. The molecule has 1 atom stereocenters. The van der Waals surface area contributed by atoms with E-state index in [0.29, 0.717) is 17.2 Å². The van der Waals surface area contributed by atoms with Crippen LogP contribution in [0.15, 0.2) is 18.2 Å². The van der Waals surface area contributed by atoms with Crippen molar-refractivity contribution < 1.29 is 23.4 Å². The van der Waals surface area contributed by atoms with Crippen molar-refractivity contribution in [2.24, 2.45) is 0 Å². The summed E-state index contributed by atoms with van der Waals surface area (Å²) in [5, 5.41) is 11.4. The number of ether oxygens (including phenoxy) is 2. The molecule has 0 aliphatic heterocycles. The first-order valence-corrected chi connectivity index (χ1v) is 5.55. The maximum Gasteiger partial charge on any atom is 0.258 e. The quantitative estimate of drug-likeness (QED) is 0.789. The first-order valence-electron chi connectivity index (χ1n) is 5.55. The molecule has 1 unspecified atom stereocenters. The molecular formula is C12H17F2NO3. The molecule has 1 rings (SSSR count). The second-order valence-electron chi connectivity index (χ2n) is 3.71. The number of anilines is 1. The zero-order chi connectivity index (χ0) is 13.5. The van der Waals surface area contributed by atoms with E-state index in [0.717, 1.165) is 0 Å². The van der Waals surface area contributed by atoms with Gasteiger partial charge in [0.25, 0.3) is 6.43 Å². The molecule has 0 saturated heterocycles. The summed E-state index contributed by atoms with van der Waals surface area (Å²) in [6, 6.07) is 3.86. The number of aliphatic hydroxyl groups excluding tert-OH is 1. The molecule has 0 aromatic heterocycles. The van der Waals surface area contributed by atoms with Crippen molar-refractivity contribution in [2.75, 3.05) is 25.6 Å². The highest BCUT2D eigenvalue weighted by Gasteiger charge is 2.15. The molecule has 0 radical (unpaired) electrons. The van der Waals surface area contributed by atoms with E-state index >= 15 is 0 Å². The molecule has 0 aliphatic carbocycles. The number of rotatable bonds is 7. The van der Waals surface area contributed by atoms with E-state index in [4.69, 9.17) is 14.6 Å². The van der Waals surface area contributed by atoms with Gasteiger partial charge in [0.05, 0.1) is 19.8 Å². The van der Waals surface area contributed by atoms with Gasteiger partial charge in [-0.25, -0.2) is 8.78 Å². The maximum atomic E-state index is 12.4.